The second-order valence-corrected chi connectivity index (χ2v) is 3.61. The van der Waals surface area contributed by atoms with Crippen LogP contribution in [0.25, 0.3) is 0 Å². The van der Waals surface area contributed by atoms with Crippen LogP contribution in [0.5, 0.6) is 0 Å². The lowest BCUT2D eigenvalue weighted by molar-refractivity contribution is -0.131. The molecule has 1 aromatic rings. The predicted octanol–water partition coefficient (Wildman–Crippen LogP) is 1.12. The summed E-state index contributed by atoms with van der Waals surface area (Å²) in [4.78, 5) is 13.6. The van der Waals surface area contributed by atoms with Crippen LogP contribution in [-0.2, 0) is 11.3 Å². The number of aromatic nitrogens is 3. The number of nitrogens with one attached hydrogen (secondary N) is 1. The summed E-state index contributed by atoms with van der Waals surface area (Å²) in [6.45, 7) is 7.45. The number of aryl methyl sites for hydroxylation is 1. The number of aromatic amines is 1. The van der Waals surface area contributed by atoms with Crippen LogP contribution in [-0.4, -0.2) is 38.7 Å². The zero-order chi connectivity index (χ0) is 11.4. The first-order valence-corrected chi connectivity index (χ1v) is 5.40. The maximum absolute atomic E-state index is 11.8. The first kappa shape index (κ1) is 11.9. The van der Waals surface area contributed by atoms with Crippen LogP contribution >= 0.6 is 12.2 Å². The van der Waals surface area contributed by atoms with Crippen LogP contribution in [0.3, 0.4) is 0 Å². The molecule has 15 heavy (non-hydrogen) atoms. The molecule has 0 bridgehead atoms. The van der Waals surface area contributed by atoms with Gasteiger partial charge < -0.3 is 4.90 Å². The van der Waals surface area contributed by atoms with E-state index in [0.29, 0.717) is 4.77 Å². The summed E-state index contributed by atoms with van der Waals surface area (Å²) in [6, 6.07) is 0. The highest BCUT2D eigenvalue weighted by atomic mass is 32.1. The van der Waals surface area contributed by atoms with Crippen LogP contribution in [0.4, 0.5) is 0 Å². The third-order valence-corrected chi connectivity index (χ3v) is 2.67. The highest BCUT2D eigenvalue weighted by molar-refractivity contribution is 7.71. The number of likely N-dealkylation sites (N-methyl/N-ethyl adjacent to an activating group) is 1. The van der Waals surface area contributed by atoms with Crippen molar-refractivity contribution in [2.45, 2.75) is 27.3 Å². The molecule has 0 saturated carbocycles. The minimum Gasteiger partial charge on any atom is -0.342 e. The fourth-order valence-electron chi connectivity index (χ4n) is 1.39. The van der Waals surface area contributed by atoms with Gasteiger partial charge in [0.1, 0.15) is 12.4 Å². The lowest BCUT2D eigenvalue weighted by atomic mass is 10.4. The molecular weight excluding hydrogens is 212 g/mol. The molecule has 1 rings (SSSR count). The molecule has 0 aliphatic heterocycles. The Kier molecular flexibility index (Phi) is 4.02. The van der Waals surface area contributed by atoms with Gasteiger partial charge in [0.05, 0.1) is 0 Å². The zero-order valence-corrected chi connectivity index (χ0v) is 10.1. The molecule has 1 aromatic heterocycles. The molecule has 6 heteroatoms. The van der Waals surface area contributed by atoms with Gasteiger partial charge in [-0.2, -0.15) is 5.10 Å². The van der Waals surface area contributed by atoms with Crippen molar-refractivity contribution in [1.82, 2.24) is 19.7 Å². The summed E-state index contributed by atoms with van der Waals surface area (Å²) >= 11 is 5.02. The van der Waals surface area contributed by atoms with Crippen molar-refractivity contribution in [2.75, 3.05) is 13.1 Å². The quantitative estimate of drug-likeness (QED) is 0.786. The van der Waals surface area contributed by atoms with Crippen molar-refractivity contribution in [1.29, 1.82) is 0 Å². The van der Waals surface area contributed by atoms with Crippen LogP contribution in [0.2, 0.25) is 0 Å². The molecule has 0 atom stereocenters. The molecule has 1 N–H and O–H groups in total. The Balaban J connectivity index is 2.78. The number of hydrogen-bond donors (Lipinski definition) is 1. The van der Waals surface area contributed by atoms with E-state index in [1.807, 2.05) is 20.8 Å². The maximum atomic E-state index is 11.8. The molecular formula is C9H16N4OS. The highest BCUT2D eigenvalue weighted by Crippen LogP contribution is 1.99. The van der Waals surface area contributed by atoms with E-state index in [9.17, 15) is 4.79 Å². The van der Waals surface area contributed by atoms with Crippen molar-refractivity contribution < 1.29 is 4.79 Å². The third-order valence-electron chi connectivity index (χ3n) is 2.36. The molecule has 0 radical (unpaired) electrons. The van der Waals surface area contributed by atoms with Crippen molar-refractivity contribution in [3.63, 3.8) is 0 Å². The Labute approximate surface area is 94.1 Å². The first-order valence-electron chi connectivity index (χ1n) is 4.99. The lowest BCUT2D eigenvalue weighted by Crippen LogP contribution is -2.33. The Bertz CT molecular complexity index is 391. The minimum absolute atomic E-state index is 0.0700. The maximum Gasteiger partial charge on any atom is 0.242 e. The van der Waals surface area contributed by atoms with E-state index in [-0.39, 0.29) is 12.5 Å². The van der Waals surface area contributed by atoms with E-state index in [1.165, 1.54) is 0 Å². The van der Waals surface area contributed by atoms with E-state index in [4.69, 9.17) is 12.2 Å². The number of carbonyl (C=O) groups is 1. The van der Waals surface area contributed by atoms with Crippen molar-refractivity contribution >= 4 is 18.1 Å². The van der Waals surface area contributed by atoms with Gasteiger partial charge >= 0.3 is 0 Å². The van der Waals surface area contributed by atoms with Gasteiger partial charge in [0, 0.05) is 13.1 Å². The van der Waals surface area contributed by atoms with Gasteiger partial charge in [-0.1, -0.05) is 0 Å². The predicted molar refractivity (Wildman–Crippen MR) is 60.1 cm³/mol. The average molecular weight is 228 g/mol. The number of amides is 1. The van der Waals surface area contributed by atoms with Crippen molar-refractivity contribution in [3.05, 3.63) is 10.6 Å². The van der Waals surface area contributed by atoms with E-state index < -0.39 is 0 Å². The second kappa shape index (κ2) is 5.06. The standard InChI is InChI=1S/C9H16N4OS/c1-4-12(5-2)8(14)6-13-7(3)10-11-9(13)15/h4-6H2,1-3H3,(H,11,15). The summed E-state index contributed by atoms with van der Waals surface area (Å²) < 4.78 is 2.20. The Hall–Kier alpha value is -1.17. The Morgan fingerprint density at radius 2 is 2.13 bits per heavy atom. The molecule has 1 amide bonds. The van der Waals surface area contributed by atoms with E-state index in [1.54, 1.807) is 9.47 Å². The second-order valence-electron chi connectivity index (χ2n) is 3.23. The largest absolute Gasteiger partial charge is 0.342 e. The molecule has 0 unspecified atom stereocenters. The summed E-state index contributed by atoms with van der Waals surface area (Å²) in [5.41, 5.74) is 0. The normalized spacial score (nSPS) is 10.3. The SMILES string of the molecule is CCN(CC)C(=O)Cn1c(C)n[nH]c1=S. The third kappa shape index (κ3) is 2.65. The summed E-state index contributed by atoms with van der Waals surface area (Å²) in [5.74, 6) is 0.807. The molecule has 0 aliphatic carbocycles. The van der Waals surface area contributed by atoms with Gasteiger partial charge in [0.2, 0.25) is 5.91 Å². The number of H-pyrrole nitrogens is 1. The van der Waals surface area contributed by atoms with Gasteiger partial charge in [-0.15, -0.1) is 0 Å². The van der Waals surface area contributed by atoms with Gasteiger partial charge in [-0.05, 0) is 33.0 Å². The number of rotatable bonds is 4. The molecule has 0 aliphatic rings. The number of nitrogens with zero attached hydrogens (tertiary/aromatic N) is 3. The summed E-state index contributed by atoms with van der Waals surface area (Å²) in [7, 11) is 0. The van der Waals surface area contributed by atoms with Crippen LogP contribution in [0.15, 0.2) is 0 Å². The van der Waals surface area contributed by atoms with Crippen molar-refractivity contribution in [3.8, 4) is 0 Å². The lowest BCUT2D eigenvalue weighted by Gasteiger charge is -2.18. The Morgan fingerprint density at radius 3 is 2.53 bits per heavy atom. The van der Waals surface area contributed by atoms with E-state index >= 15 is 0 Å². The average Bonchev–Trinajstić information content (AvgIpc) is 2.51. The van der Waals surface area contributed by atoms with Gasteiger partial charge in [0.15, 0.2) is 4.77 Å². The molecule has 0 fully saturated rings. The van der Waals surface area contributed by atoms with Gasteiger partial charge in [-0.3, -0.25) is 14.5 Å². The fraction of sp³-hybridized carbons (Fsp3) is 0.667. The molecule has 1 heterocycles. The first-order chi connectivity index (χ1) is 7.10. The Morgan fingerprint density at radius 1 is 1.53 bits per heavy atom. The van der Waals surface area contributed by atoms with Gasteiger partial charge in [-0.25, -0.2) is 0 Å². The van der Waals surface area contributed by atoms with Crippen molar-refractivity contribution in [2.24, 2.45) is 0 Å². The molecule has 5 nitrogen and oxygen atoms in total. The highest BCUT2D eigenvalue weighted by Gasteiger charge is 2.12. The smallest absolute Gasteiger partial charge is 0.242 e. The summed E-state index contributed by atoms with van der Waals surface area (Å²) in [5, 5.41) is 6.62. The van der Waals surface area contributed by atoms with Gasteiger partial charge in [0.25, 0.3) is 0 Å². The van der Waals surface area contributed by atoms with Crippen LogP contribution < -0.4 is 0 Å². The van der Waals surface area contributed by atoms with E-state index in [2.05, 4.69) is 10.2 Å². The molecule has 84 valence electrons. The van der Waals surface area contributed by atoms with E-state index in [0.717, 1.165) is 18.9 Å². The minimum atomic E-state index is 0.0700. The zero-order valence-electron chi connectivity index (χ0n) is 9.28. The summed E-state index contributed by atoms with van der Waals surface area (Å²) in [6.07, 6.45) is 0. The topological polar surface area (TPSA) is 53.9 Å². The molecule has 0 saturated heterocycles. The molecule has 0 aromatic carbocycles. The number of hydrogen-bond acceptors (Lipinski definition) is 3. The van der Waals surface area contributed by atoms with Crippen LogP contribution in [0, 0.1) is 11.7 Å². The molecule has 0 spiro atoms. The fourth-order valence-corrected chi connectivity index (χ4v) is 1.64. The van der Waals surface area contributed by atoms with Crippen LogP contribution in [0.1, 0.15) is 19.7 Å². The number of carbonyl (C=O) groups excluding carboxylic acids is 1. The monoisotopic (exact) mass is 228 g/mol.